The smallest absolute Gasteiger partial charge is 0.303 e. The van der Waals surface area contributed by atoms with Crippen LogP contribution in [0, 0.1) is 0 Å². The fourth-order valence-corrected chi connectivity index (χ4v) is 1.13. The fourth-order valence-electron chi connectivity index (χ4n) is 1.13. The summed E-state index contributed by atoms with van der Waals surface area (Å²) >= 11 is 0. The summed E-state index contributed by atoms with van der Waals surface area (Å²) in [6.45, 7) is 1.39. The van der Waals surface area contributed by atoms with Crippen LogP contribution in [0.4, 0.5) is 5.82 Å². The van der Waals surface area contributed by atoms with Gasteiger partial charge >= 0.3 is 5.97 Å². The molecule has 5 nitrogen and oxygen atoms in total. The van der Waals surface area contributed by atoms with Gasteiger partial charge in [0.05, 0.1) is 0 Å². The molecule has 0 saturated heterocycles. The number of nitrogens with zero attached hydrogens (tertiary/aromatic N) is 1. The molecule has 1 amide bonds. The summed E-state index contributed by atoms with van der Waals surface area (Å²) in [7, 11) is 0. The zero-order valence-electron chi connectivity index (χ0n) is 8.36. The van der Waals surface area contributed by atoms with E-state index in [-0.39, 0.29) is 12.3 Å². The number of pyridine rings is 1. The number of carbonyl (C=O) groups is 2. The van der Waals surface area contributed by atoms with Crippen LogP contribution >= 0.6 is 0 Å². The molecule has 15 heavy (non-hydrogen) atoms. The predicted molar refractivity (Wildman–Crippen MR) is 54.5 cm³/mol. The number of aryl methyl sites for hydroxylation is 1. The van der Waals surface area contributed by atoms with Crippen molar-refractivity contribution >= 4 is 17.7 Å². The maximum absolute atomic E-state index is 10.7. The molecule has 2 N–H and O–H groups in total. The maximum Gasteiger partial charge on any atom is 0.303 e. The summed E-state index contributed by atoms with van der Waals surface area (Å²) in [6, 6.07) is 3.40. The van der Waals surface area contributed by atoms with Crippen LogP contribution in [-0.2, 0) is 16.0 Å². The Kier molecular flexibility index (Phi) is 3.79. The molecule has 1 aromatic heterocycles. The molecule has 1 rings (SSSR count). The van der Waals surface area contributed by atoms with Crippen LogP contribution in [0.25, 0.3) is 0 Å². The Bertz CT molecular complexity index is 377. The van der Waals surface area contributed by atoms with Crippen molar-refractivity contribution in [3.8, 4) is 0 Å². The number of nitrogens with one attached hydrogen (secondary N) is 1. The van der Waals surface area contributed by atoms with E-state index in [9.17, 15) is 9.59 Å². The Balaban J connectivity index is 2.65. The van der Waals surface area contributed by atoms with Crippen molar-refractivity contribution in [2.75, 3.05) is 5.32 Å². The van der Waals surface area contributed by atoms with Gasteiger partial charge in [0, 0.05) is 19.5 Å². The van der Waals surface area contributed by atoms with E-state index in [1.165, 1.54) is 6.92 Å². The lowest BCUT2D eigenvalue weighted by atomic mass is 10.1. The quantitative estimate of drug-likeness (QED) is 0.775. The first kappa shape index (κ1) is 11.2. The molecular weight excluding hydrogens is 196 g/mol. The van der Waals surface area contributed by atoms with E-state index in [1.54, 1.807) is 18.3 Å². The van der Waals surface area contributed by atoms with Gasteiger partial charge in [-0.2, -0.15) is 0 Å². The normalized spacial score (nSPS) is 9.67. The summed E-state index contributed by atoms with van der Waals surface area (Å²) in [6.07, 6.45) is 2.05. The van der Waals surface area contributed by atoms with E-state index >= 15 is 0 Å². The SMILES string of the molecule is CC(=O)Nc1cc(CCC(=O)O)ccn1. The molecule has 80 valence electrons. The lowest BCUT2D eigenvalue weighted by molar-refractivity contribution is -0.137. The highest BCUT2D eigenvalue weighted by Gasteiger charge is 2.01. The molecule has 1 aromatic rings. The minimum Gasteiger partial charge on any atom is -0.481 e. The third-order valence-corrected chi connectivity index (χ3v) is 1.76. The van der Waals surface area contributed by atoms with Crippen LogP contribution in [0.5, 0.6) is 0 Å². The Labute approximate surface area is 87.1 Å². The lowest BCUT2D eigenvalue weighted by Gasteiger charge is -2.03. The first-order valence-electron chi connectivity index (χ1n) is 4.52. The third kappa shape index (κ3) is 4.21. The molecule has 0 saturated carbocycles. The van der Waals surface area contributed by atoms with Gasteiger partial charge in [-0.25, -0.2) is 4.98 Å². The number of anilines is 1. The van der Waals surface area contributed by atoms with E-state index in [0.717, 1.165) is 5.56 Å². The molecule has 0 aliphatic rings. The summed E-state index contributed by atoms with van der Waals surface area (Å²) in [5.41, 5.74) is 0.844. The highest BCUT2D eigenvalue weighted by molar-refractivity contribution is 5.87. The molecule has 0 aromatic carbocycles. The van der Waals surface area contributed by atoms with Gasteiger partial charge in [0.1, 0.15) is 5.82 Å². The standard InChI is InChI=1S/C10H12N2O3/c1-7(13)12-9-6-8(4-5-11-9)2-3-10(14)15/h4-6H,2-3H2,1H3,(H,14,15)(H,11,12,13). The van der Waals surface area contributed by atoms with Gasteiger partial charge in [-0.1, -0.05) is 0 Å². The molecule has 0 atom stereocenters. The van der Waals surface area contributed by atoms with Crippen LogP contribution in [0.1, 0.15) is 18.9 Å². The summed E-state index contributed by atoms with van der Waals surface area (Å²) in [5, 5.41) is 11.0. The average molecular weight is 208 g/mol. The second-order valence-corrected chi connectivity index (χ2v) is 3.12. The first-order chi connectivity index (χ1) is 7.08. The number of hydrogen-bond acceptors (Lipinski definition) is 3. The number of aliphatic carboxylic acids is 1. The van der Waals surface area contributed by atoms with Gasteiger partial charge in [0.25, 0.3) is 0 Å². The topological polar surface area (TPSA) is 79.3 Å². The maximum atomic E-state index is 10.7. The first-order valence-corrected chi connectivity index (χ1v) is 4.52. The van der Waals surface area contributed by atoms with Crippen molar-refractivity contribution in [2.45, 2.75) is 19.8 Å². The molecule has 0 bridgehead atoms. The van der Waals surface area contributed by atoms with Gasteiger partial charge in [0.2, 0.25) is 5.91 Å². The molecular formula is C10H12N2O3. The molecule has 0 spiro atoms. The van der Waals surface area contributed by atoms with E-state index in [0.29, 0.717) is 12.2 Å². The van der Waals surface area contributed by atoms with Crippen molar-refractivity contribution in [3.63, 3.8) is 0 Å². The minimum absolute atomic E-state index is 0.0729. The van der Waals surface area contributed by atoms with Crippen LogP contribution in [0.3, 0.4) is 0 Å². The predicted octanol–water partition coefficient (Wildman–Crippen LogP) is 1.06. The van der Waals surface area contributed by atoms with Gasteiger partial charge in [-0.05, 0) is 24.1 Å². The largest absolute Gasteiger partial charge is 0.481 e. The molecule has 0 aliphatic heterocycles. The molecule has 1 heterocycles. The minimum atomic E-state index is -0.840. The Morgan fingerprint density at radius 2 is 2.27 bits per heavy atom. The average Bonchev–Trinajstić information content (AvgIpc) is 2.14. The van der Waals surface area contributed by atoms with Crippen molar-refractivity contribution in [3.05, 3.63) is 23.9 Å². The van der Waals surface area contributed by atoms with Crippen molar-refractivity contribution < 1.29 is 14.7 Å². The summed E-state index contributed by atoms with van der Waals surface area (Å²) in [4.78, 5) is 25.0. The Morgan fingerprint density at radius 3 is 2.87 bits per heavy atom. The van der Waals surface area contributed by atoms with Gasteiger partial charge in [0.15, 0.2) is 0 Å². The second-order valence-electron chi connectivity index (χ2n) is 3.12. The van der Waals surface area contributed by atoms with E-state index in [1.807, 2.05) is 0 Å². The number of hydrogen-bond donors (Lipinski definition) is 2. The van der Waals surface area contributed by atoms with E-state index in [4.69, 9.17) is 5.11 Å². The van der Waals surface area contributed by atoms with Crippen LogP contribution in [0.2, 0.25) is 0 Å². The number of rotatable bonds is 4. The van der Waals surface area contributed by atoms with Crippen molar-refractivity contribution in [2.24, 2.45) is 0 Å². The molecule has 5 heteroatoms. The monoisotopic (exact) mass is 208 g/mol. The van der Waals surface area contributed by atoms with Crippen LogP contribution in [-0.4, -0.2) is 22.0 Å². The lowest BCUT2D eigenvalue weighted by Crippen LogP contribution is -2.07. The van der Waals surface area contributed by atoms with Crippen LogP contribution in [0.15, 0.2) is 18.3 Å². The Hall–Kier alpha value is -1.91. The molecule has 0 radical (unpaired) electrons. The van der Waals surface area contributed by atoms with Gasteiger partial charge in [-0.3, -0.25) is 9.59 Å². The molecule has 0 unspecified atom stereocenters. The fraction of sp³-hybridized carbons (Fsp3) is 0.300. The number of carbonyl (C=O) groups excluding carboxylic acids is 1. The summed E-state index contributed by atoms with van der Waals surface area (Å²) in [5.74, 6) is -0.587. The number of carboxylic acids is 1. The molecule has 0 aliphatic carbocycles. The van der Waals surface area contributed by atoms with Crippen molar-refractivity contribution in [1.82, 2.24) is 4.98 Å². The number of amides is 1. The van der Waals surface area contributed by atoms with Gasteiger partial charge in [-0.15, -0.1) is 0 Å². The third-order valence-electron chi connectivity index (χ3n) is 1.76. The Morgan fingerprint density at radius 1 is 1.53 bits per heavy atom. The highest BCUT2D eigenvalue weighted by atomic mass is 16.4. The zero-order chi connectivity index (χ0) is 11.3. The van der Waals surface area contributed by atoms with E-state index < -0.39 is 5.97 Å². The second kappa shape index (κ2) is 5.09. The zero-order valence-corrected chi connectivity index (χ0v) is 8.36. The van der Waals surface area contributed by atoms with E-state index in [2.05, 4.69) is 10.3 Å². The van der Waals surface area contributed by atoms with Crippen LogP contribution < -0.4 is 5.32 Å². The summed E-state index contributed by atoms with van der Waals surface area (Å²) < 4.78 is 0. The van der Waals surface area contributed by atoms with Crippen molar-refractivity contribution in [1.29, 1.82) is 0 Å². The number of carboxylic acid groups (broad SMARTS) is 1. The highest BCUT2D eigenvalue weighted by Crippen LogP contribution is 2.08. The number of aromatic nitrogens is 1. The van der Waals surface area contributed by atoms with Gasteiger partial charge < -0.3 is 10.4 Å². The molecule has 0 fully saturated rings.